The molecule has 0 aliphatic rings. The molecule has 1 aromatic carbocycles. The van der Waals surface area contributed by atoms with E-state index >= 15 is 0 Å². The molecule has 0 amide bonds. The van der Waals surface area contributed by atoms with Gasteiger partial charge in [0.05, 0.1) is 11.0 Å². The van der Waals surface area contributed by atoms with Crippen molar-refractivity contribution in [1.29, 1.82) is 0 Å². The van der Waals surface area contributed by atoms with E-state index in [0.717, 1.165) is 35.4 Å². The molecule has 2 heterocycles. The highest BCUT2D eigenvalue weighted by Crippen LogP contribution is 2.22. The summed E-state index contributed by atoms with van der Waals surface area (Å²) >= 11 is 12.0. The molecule has 4 nitrogen and oxygen atoms in total. The average molecular weight is 321 g/mol. The monoisotopic (exact) mass is 320 g/mol. The van der Waals surface area contributed by atoms with Crippen molar-refractivity contribution < 1.29 is 0 Å². The quantitative estimate of drug-likeness (QED) is 0.725. The van der Waals surface area contributed by atoms with Crippen LogP contribution in [-0.4, -0.2) is 19.7 Å². The van der Waals surface area contributed by atoms with E-state index in [1.54, 1.807) is 6.07 Å². The number of aryl methyl sites for hydroxylation is 1. The van der Waals surface area contributed by atoms with Crippen LogP contribution in [0.2, 0.25) is 10.3 Å². The number of imidazole rings is 1. The number of halogens is 2. The van der Waals surface area contributed by atoms with Crippen LogP contribution in [0.1, 0.15) is 24.7 Å². The zero-order valence-corrected chi connectivity index (χ0v) is 13.1. The fourth-order valence-corrected chi connectivity index (χ4v) is 2.74. The molecule has 0 fully saturated rings. The highest BCUT2D eigenvalue weighted by Gasteiger charge is 2.13. The van der Waals surface area contributed by atoms with Crippen LogP contribution in [0.3, 0.4) is 0 Å². The predicted octanol–water partition coefficient (Wildman–Crippen LogP) is 4.13. The summed E-state index contributed by atoms with van der Waals surface area (Å²) in [6.45, 7) is 3.07. The Morgan fingerprint density at radius 3 is 2.76 bits per heavy atom. The van der Waals surface area contributed by atoms with Crippen LogP contribution in [0.4, 0.5) is 0 Å². The van der Waals surface area contributed by atoms with E-state index < -0.39 is 0 Å². The Bertz CT molecular complexity index is 782. The van der Waals surface area contributed by atoms with Crippen LogP contribution >= 0.6 is 23.2 Å². The minimum absolute atomic E-state index is 0.340. The molecule has 0 N–H and O–H groups in total. The van der Waals surface area contributed by atoms with Gasteiger partial charge in [-0.2, -0.15) is 0 Å². The van der Waals surface area contributed by atoms with Crippen LogP contribution < -0.4 is 0 Å². The summed E-state index contributed by atoms with van der Waals surface area (Å²) in [5.41, 5.74) is 2.97. The Hall–Kier alpha value is -1.65. The van der Waals surface area contributed by atoms with E-state index in [1.165, 1.54) is 0 Å². The van der Waals surface area contributed by atoms with Crippen molar-refractivity contribution in [3.05, 3.63) is 52.0 Å². The zero-order valence-electron chi connectivity index (χ0n) is 11.6. The summed E-state index contributed by atoms with van der Waals surface area (Å²) in [7, 11) is 0. The fourth-order valence-electron chi connectivity index (χ4n) is 2.42. The highest BCUT2D eigenvalue weighted by atomic mass is 35.5. The maximum atomic E-state index is 6.10. The van der Waals surface area contributed by atoms with Gasteiger partial charge in [0.1, 0.15) is 5.82 Å². The van der Waals surface area contributed by atoms with Gasteiger partial charge in [-0.1, -0.05) is 42.3 Å². The lowest BCUT2D eigenvalue weighted by Crippen LogP contribution is -2.05. The van der Waals surface area contributed by atoms with Crippen LogP contribution in [0, 0.1) is 0 Å². The molecule has 0 saturated heterocycles. The number of fused-ring (bicyclic) bond motifs is 1. The summed E-state index contributed by atoms with van der Waals surface area (Å²) in [4.78, 5) is 4.71. The number of rotatable bonds is 4. The van der Waals surface area contributed by atoms with E-state index in [1.807, 2.05) is 18.2 Å². The molecule has 108 valence electrons. The second-order valence-electron chi connectivity index (χ2n) is 4.83. The van der Waals surface area contributed by atoms with Crippen LogP contribution in [0.5, 0.6) is 0 Å². The minimum atomic E-state index is 0.340. The van der Waals surface area contributed by atoms with Crippen LogP contribution in [0.15, 0.2) is 30.3 Å². The second-order valence-corrected chi connectivity index (χ2v) is 5.57. The first kappa shape index (κ1) is 14.3. The van der Waals surface area contributed by atoms with Gasteiger partial charge >= 0.3 is 0 Å². The van der Waals surface area contributed by atoms with E-state index in [9.17, 15) is 0 Å². The minimum Gasteiger partial charge on any atom is -0.328 e. The summed E-state index contributed by atoms with van der Waals surface area (Å²) in [6.07, 6.45) is 1.62. The molecule has 0 atom stereocenters. The van der Waals surface area contributed by atoms with Gasteiger partial charge < -0.3 is 4.57 Å². The molecule has 0 saturated carbocycles. The lowest BCUT2D eigenvalue weighted by Gasteiger charge is -2.08. The summed E-state index contributed by atoms with van der Waals surface area (Å²) < 4.78 is 2.22. The topological polar surface area (TPSA) is 43.6 Å². The average Bonchev–Trinajstić information content (AvgIpc) is 2.81. The molecular weight excluding hydrogens is 307 g/mol. The lowest BCUT2D eigenvalue weighted by molar-refractivity contribution is 0.663. The summed E-state index contributed by atoms with van der Waals surface area (Å²) in [5, 5.41) is 8.30. The van der Waals surface area contributed by atoms with Gasteiger partial charge in [0.2, 0.25) is 0 Å². The first-order chi connectivity index (χ1) is 10.2. The SMILES string of the molecule is CCCn1c(Cc2cc(Cl)nnc2Cl)nc2ccccc21. The summed E-state index contributed by atoms with van der Waals surface area (Å²) in [5.74, 6) is 0.962. The van der Waals surface area contributed by atoms with Crippen molar-refractivity contribution in [1.82, 2.24) is 19.7 Å². The van der Waals surface area contributed by atoms with Crippen molar-refractivity contribution >= 4 is 34.2 Å². The van der Waals surface area contributed by atoms with Gasteiger partial charge in [0.25, 0.3) is 0 Å². The van der Waals surface area contributed by atoms with E-state index in [-0.39, 0.29) is 0 Å². The van der Waals surface area contributed by atoms with Gasteiger partial charge in [-0.05, 0) is 24.6 Å². The molecule has 0 bridgehead atoms. The Morgan fingerprint density at radius 2 is 1.95 bits per heavy atom. The van der Waals surface area contributed by atoms with Gasteiger partial charge in [-0.3, -0.25) is 0 Å². The van der Waals surface area contributed by atoms with Crippen LogP contribution in [-0.2, 0) is 13.0 Å². The van der Waals surface area contributed by atoms with Gasteiger partial charge in [0.15, 0.2) is 10.3 Å². The van der Waals surface area contributed by atoms with Gasteiger partial charge in [0, 0.05) is 18.5 Å². The fraction of sp³-hybridized carbons (Fsp3) is 0.267. The second kappa shape index (κ2) is 6.00. The summed E-state index contributed by atoms with van der Waals surface area (Å²) in [6, 6.07) is 9.86. The molecule has 0 aliphatic carbocycles. The molecule has 3 rings (SSSR count). The van der Waals surface area contributed by atoms with Gasteiger partial charge in [-0.25, -0.2) is 4.98 Å². The zero-order chi connectivity index (χ0) is 14.8. The smallest absolute Gasteiger partial charge is 0.155 e. The first-order valence-corrected chi connectivity index (χ1v) is 7.56. The van der Waals surface area contributed by atoms with E-state index in [0.29, 0.717) is 16.7 Å². The van der Waals surface area contributed by atoms with Crippen molar-refractivity contribution in [2.45, 2.75) is 26.3 Å². The molecule has 2 aromatic heterocycles. The number of aromatic nitrogens is 4. The molecule has 0 spiro atoms. The predicted molar refractivity (Wildman–Crippen MR) is 84.9 cm³/mol. The largest absolute Gasteiger partial charge is 0.328 e. The normalized spacial score (nSPS) is 11.2. The van der Waals surface area contributed by atoms with Crippen molar-refractivity contribution in [3.63, 3.8) is 0 Å². The van der Waals surface area contributed by atoms with Crippen molar-refractivity contribution in [2.75, 3.05) is 0 Å². The molecule has 0 unspecified atom stereocenters. The Kier molecular flexibility index (Phi) is 4.08. The van der Waals surface area contributed by atoms with Crippen LogP contribution in [0.25, 0.3) is 11.0 Å². The molecule has 0 aliphatic heterocycles. The Morgan fingerprint density at radius 1 is 1.14 bits per heavy atom. The molecule has 6 heteroatoms. The Labute approximate surface area is 132 Å². The van der Waals surface area contributed by atoms with Crippen molar-refractivity contribution in [3.8, 4) is 0 Å². The van der Waals surface area contributed by atoms with E-state index in [2.05, 4.69) is 27.8 Å². The maximum Gasteiger partial charge on any atom is 0.155 e. The standard InChI is InChI=1S/C15H14Cl2N4/c1-2-7-21-12-6-4-3-5-11(12)18-14(21)9-10-8-13(16)19-20-15(10)17/h3-6,8H,2,7,9H2,1H3. The molecule has 0 radical (unpaired) electrons. The third-order valence-corrected chi connectivity index (χ3v) is 3.82. The molecular formula is C15H14Cl2N4. The number of hydrogen-bond donors (Lipinski definition) is 0. The Balaban J connectivity index is 2.07. The third-order valence-electron chi connectivity index (χ3n) is 3.32. The third kappa shape index (κ3) is 2.87. The number of benzene rings is 1. The molecule has 21 heavy (non-hydrogen) atoms. The number of nitrogens with zero attached hydrogens (tertiary/aromatic N) is 4. The maximum absolute atomic E-state index is 6.10. The lowest BCUT2D eigenvalue weighted by atomic mass is 10.2. The number of para-hydroxylation sites is 2. The highest BCUT2D eigenvalue weighted by molar-refractivity contribution is 6.31. The van der Waals surface area contributed by atoms with E-state index in [4.69, 9.17) is 28.2 Å². The van der Waals surface area contributed by atoms with Gasteiger partial charge in [-0.15, -0.1) is 10.2 Å². The molecule has 3 aromatic rings. The number of hydrogen-bond acceptors (Lipinski definition) is 3. The first-order valence-electron chi connectivity index (χ1n) is 6.80. The van der Waals surface area contributed by atoms with Crippen molar-refractivity contribution in [2.24, 2.45) is 0 Å².